The van der Waals surface area contributed by atoms with Crippen LogP contribution in [0.1, 0.15) is 25.0 Å². The summed E-state index contributed by atoms with van der Waals surface area (Å²) in [5, 5.41) is 6.94. The molecule has 1 rings (SSSR count). The first kappa shape index (κ1) is 12.0. The van der Waals surface area contributed by atoms with Gasteiger partial charge in [0, 0.05) is 12.2 Å². The highest BCUT2D eigenvalue weighted by atomic mass is 32.1. The number of hydrogen-bond donors (Lipinski definition) is 2. The van der Waals surface area contributed by atoms with Gasteiger partial charge in [0.2, 0.25) is 0 Å². The second-order valence-electron chi connectivity index (χ2n) is 3.49. The number of thiocarbonyl (C=S) groups is 1. The molecule has 0 aromatic heterocycles. The van der Waals surface area contributed by atoms with Gasteiger partial charge in [-0.2, -0.15) is 0 Å². The van der Waals surface area contributed by atoms with Crippen LogP contribution >= 0.6 is 12.2 Å². The predicted octanol–water partition coefficient (Wildman–Crippen LogP) is 2.86. The van der Waals surface area contributed by atoms with Crippen LogP contribution in [0.15, 0.2) is 18.2 Å². The van der Waals surface area contributed by atoms with Crippen LogP contribution in [0.4, 0.5) is 5.69 Å². The van der Waals surface area contributed by atoms with E-state index in [1.165, 1.54) is 11.1 Å². The van der Waals surface area contributed by atoms with Crippen LogP contribution in [0.5, 0.6) is 0 Å². The first-order valence-electron chi connectivity index (χ1n) is 5.31. The molecule has 0 fully saturated rings. The molecule has 0 heterocycles. The summed E-state index contributed by atoms with van der Waals surface area (Å²) >= 11 is 5.13. The van der Waals surface area contributed by atoms with E-state index in [1.54, 1.807) is 0 Å². The highest BCUT2D eigenvalue weighted by Crippen LogP contribution is 2.16. The third-order valence-electron chi connectivity index (χ3n) is 2.28. The molecule has 0 amide bonds. The minimum atomic E-state index is 0.685. The summed E-state index contributed by atoms with van der Waals surface area (Å²) in [4.78, 5) is 0. The van der Waals surface area contributed by atoms with Gasteiger partial charge in [-0.1, -0.05) is 19.1 Å². The predicted molar refractivity (Wildman–Crippen MR) is 70.5 cm³/mol. The van der Waals surface area contributed by atoms with Crippen molar-refractivity contribution >= 4 is 23.0 Å². The first-order chi connectivity index (χ1) is 7.17. The zero-order valence-corrected chi connectivity index (χ0v) is 10.4. The molecule has 0 aliphatic rings. The SMILES string of the molecule is CCNC(=S)Nc1ccc(CC)cc1C. The highest BCUT2D eigenvalue weighted by molar-refractivity contribution is 7.80. The van der Waals surface area contributed by atoms with Gasteiger partial charge in [0.25, 0.3) is 0 Å². The van der Waals surface area contributed by atoms with Crippen molar-refractivity contribution in [3.63, 3.8) is 0 Å². The molecular formula is C12H18N2S. The standard InChI is InChI=1S/C12H18N2S/c1-4-10-6-7-11(9(3)8-10)14-12(15)13-5-2/h6-8H,4-5H2,1-3H3,(H2,13,14,15). The lowest BCUT2D eigenvalue weighted by Gasteiger charge is -2.12. The van der Waals surface area contributed by atoms with Crippen molar-refractivity contribution in [1.82, 2.24) is 5.32 Å². The minimum Gasteiger partial charge on any atom is -0.363 e. The van der Waals surface area contributed by atoms with Gasteiger partial charge in [-0.25, -0.2) is 0 Å². The second-order valence-corrected chi connectivity index (χ2v) is 3.90. The van der Waals surface area contributed by atoms with Gasteiger partial charge in [-0.15, -0.1) is 0 Å². The zero-order chi connectivity index (χ0) is 11.3. The Bertz CT molecular complexity index is 347. The minimum absolute atomic E-state index is 0.685. The zero-order valence-electron chi connectivity index (χ0n) is 9.55. The number of rotatable bonds is 3. The second kappa shape index (κ2) is 5.71. The quantitative estimate of drug-likeness (QED) is 0.769. The van der Waals surface area contributed by atoms with Gasteiger partial charge in [-0.05, 0) is 49.7 Å². The molecule has 2 nitrogen and oxygen atoms in total. The van der Waals surface area contributed by atoms with Crippen molar-refractivity contribution in [2.75, 3.05) is 11.9 Å². The lowest BCUT2D eigenvalue weighted by molar-refractivity contribution is 0.979. The van der Waals surface area contributed by atoms with Crippen LogP contribution in [-0.4, -0.2) is 11.7 Å². The summed E-state index contributed by atoms with van der Waals surface area (Å²) in [7, 11) is 0. The number of aryl methyl sites for hydroxylation is 2. The Labute approximate surface area is 97.1 Å². The number of benzene rings is 1. The smallest absolute Gasteiger partial charge is 0.170 e. The van der Waals surface area contributed by atoms with Crippen molar-refractivity contribution < 1.29 is 0 Å². The molecule has 0 saturated heterocycles. The topological polar surface area (TPSA) is 24.1 Å². The van der Waals surface area contributed by atoms with Crippen molar-refractivity contribution in [1.29, 1.82) is 0 Å². The first-order valence-corrected chi connectivity index (χ1v) is 5.72. The van der Waals surface area contributed by atoms with Gasteiger partial charge in [0.1, 0.15) is 0 Å². The van der Waals surface area contributed by atoms with Crippen LogP contribution in [0, 0.1) is 6.92 Å². The largest absolute Gasteiger partial charge is 0.363 e. The molecule has 0 saturated carbocycles. The number of anilines is 1. The maximum absolute atomic E-state index is 5.13. The average molecular weight is 222 g/mol. The van der Waals surface area contributed by atoms with E-state index < -0.39 is 0 Å². The van der Waals surface area contributed by atoms with Crippen molar-refractivity contribution in [3.8, 4) is 0 Å². The average Bonchev–Trinajstić information content (AvgIpc) is 2.21. The van der Waals surface area contributed by atoms with Crippen LogP contribution in [-0.2, 0) is 6.42 Å². The molecule has 0 aliphatic carbocycles. The molecule has 0 unspecified atom stereocenters. The fourth-order valence-electron chi connectivity index (χ4n) is 1.41. The summed E-state index contributed by atoms with van der Waals surface area (Å²) in [6, 6.07) is 6.40. The molecule has 15 heavy (non-hydrogen) atoms. The van der Waals surface area contributed by atoms with Gasteiger partial charge in [0.15, 0.2) is 5.11 Å². The van der Waals surface area contributed by atoms with E-state index in [2.05, 4.69) is 42.7 Å². The lowest BCUT2D eigenvalue weighted by atomic mass is 10.1. The molecule has 0 atom stereocenters. The maximum Gasteiger partial charge on any atom is 0.170 e. The Balaban J connectivity index is 2.73. The van der Waals surface area contributed by atoms with Gasteiger partial charge < -0.3 is 10.6 Å². The van der Waals surface area contributed by atoms with Crippen molar-refractivity contribution in [2.45, 2.75) is 27.2 Å². The van der Waals surface area contributed by atoms with E-state index in [4.69, 9.17) is 12.2 Å². The third kappa shape index (κ3) is 3.51. The van der Waals surface area contributed by atoms with Gasteiger partial charge in [0.05, 0.1) is 0 Å². The van der Waals surface area contributed by atoms with Gasteiger partial charge >= 0.3 is 0 Å². The monoisotopic (exact) mass is 222 g/mol. The Morgan fingerprint density at radius 2 is 2.07 bits per heavy atom. The van der Waals surface area contributed by atoms with E-state index >= 15 is 0 Å². The molecule has 0 bridgehead atoms. The van der Waals surface area contributed by atoms with Crippen LogP contribution < -0.4 is 10.6 Å². The molecule has 0 spiro atoms. The number of hydrogen-bond acceptors (Lipinski definition) is 1. The molecule has 2 N–H and O–H groups in total. The molecule has 1 aromatic rings. The fraction of sp³-hybridized carbons (Fsp3) is 0.417. The van der Waals surface area contributed by atoms with Crippen LogP contribution in [0.2, 0.25) is 0 Å². The third-order valence-corrected chi connectivity index (χ3v) is 2.53. The molecule has 0 radical (unpaired) electrons. The van der Waals surface area contributed by atoms with E-state index in [0.717, 1.165) is 18.7 Å². The lowest BCUT2D eigenvalue weighted by Crippen LogP contribution is -2.28. The Kier molecular flexibility index (Phi) is 4.56. The molecule has 82 valence electrons. The summed E-state index contributed by atoms with van der Waals surface area (Å²) in [6.45, 7) is 7.13. The summed E-state index contributed by atoms with van der Waals surface area (Å²) in [5.74, 6) is 0. The van der Waals surface area contributed by atoms with E-state index in [0.29, 0.717) is 5.11 Å². The van der Waals surface area contributed by atoms with Crippen LogP contribution in [0.3, 0.4) is 0 Å². The maximum atomic E-state index is 5.13. The molecule has 0 aliphatic heterocycles. The van der Waals surface area contributed by atoms with E-state index in [1.807, 2.05) is 6.92 Å². The summed E-state index contributed by atoms with van der Waals surface area (Å²) in [6.07, 6.45) is 1.07. The molecule has 1 aromatic carbocycles. The normalized spacial score (nSPS) is 9.80. The van der Waals surface area contributed by atoms with Crippen molar-refractivity contribution in [3.05, 3.63) is 29.3 Å². The Morgan fingerprint density at radius 3 is 2.60 bits per heavy atom. The van der Waals surface area contributed by atoms with E-state index in [9.17, 15) is 0 Å². The van der Waals surface area contributed by atoms with Crippen LogP contribution in [0.25, 0.3) is 0 Å². The molecule has 3 heteroatoms. The fourth-order valence-corrected chi connectivity index (χ4v) is 1.67. The van der Waals surface area contributed by atoms with Gasteiger partial charge in [-0.3, -0.25) is 0 Å². The molecular weight excluding hydrogens is 204 g/mol. The highest BCUT2D eigenvalue weighted by Gasteiger charge is 2.00. The van der Waals surface area contributed by atoms with E-state index in [-0.39, 0.29) is 0 Å². The number of nitrogens with one attached hydrogen (secondary N) is 2. The van der Waals surface area contributed by atoms with Crippen molar-refractivity contribution in [2.24, 2.45) is 0 Å². The Morgan fingerprint density at radius 1 is 1.33 bits per heavy atom. The summed E-state index contributed by atoms with van der Waals surface area (Å²) < 4.78 is 0. The Hall–Kier alpha value is -1.09. The summed E-state index contributed by atoms with van der Waals surface area (Å²) in [5.41, 5.74) is 3.67.